The monoisotopic (exact) mass is 304 g/mol. The third-order valence-corrected chi connectivity index (χ3v) is 4.34. The summed E-state index contributed by atoms with van der Waals surface area (Å²) in [5.41, 5.74) is 1.87. The lowest BCUT2D eigenvalue weighted by atomic mass is 10.1. The third-order valence-electron chi connectivity index (χ3n) is 3.22. The van der Waals surface area contributed by atoms with Gasteiger partial charge in [-0.3, -0.25) is 9.78 Å². The maximum Gasteiger partial charge on any atom is 0.338 e. The largest absolute Gasteiger partial charge is 0.478 e. The second kappa shape index (κ2) is 6.49. The Balaban J connectivity index is 2.03. The summed E-state index contributed by atoms with van der Waals surface area (Å²) in [6.07, 6.45) is 4.27. The molecule has 0 saturated heterocycles. The number of nitrogens with one attached hydrogen (secondary N) is 1. The number of amides is 1. The zero-order valence-electron chi connectivity index (χ0n) is 11.8. The first-order valence-electron chi connectivity index (χ1n) is 6.51. The van der Waals surface area contributed by atoms with Gasteiger partial charge in [-0.1, -0.05) is 6.07 Å². The van der Waals surface area contributed by atoms with Crippen LogP contribution in [0.3, 0.4) is 0 Å². The molecule has 2 aromatic heterocycles. The fraction of sp³-hybridized carbons (Fsp3) is 0.267. The van der Waals surface area contributed by atoms with Crippen LogP contribution in [0.2, 0.25) is 0 Å². The molecule has 21 heavy (non-hydrogen) atoms. The van der Waals surface area contributed by atoms with Crippen LogP contribution in [-0.4, -0.2) is 22.0 Å². The first-order valence-corrected chi connectivity index (χ1v) is 7.32. The van der Waals surface area contributed by atoms with Crippen molar-refractivity contribution in [3.63, 3.8) is 0 Å². The fourth-order valence-corrected chi connectivity index (χ4v) is 3.03. The van der Waals surface area contributed by atoms with Crippen molar-refractivity contribution in [2.45, 2.75) is 26.7 Å². The number of pyridine rings is 1. The van der Waals surface area contributed by atoms with Gasteiger partial charge in [-0.15, -0.1) is 11.3 Å². The first-order chi connectivity index (χ1) is 9.99. The van der Waals surface area contributed by atoms with Gasteiger partial charge in [-0.25, -0.2) is 4.79 Å². The lowest BCUT2D eigenvalue weighted by Crippen LogP contribution is -2.14. The van der Waals surface area contributed by atoms with E-state index in [1.54, 1.807) is 19.3 Å². The van der Waals surface area contributed by atoms with Gasteiger partial charge in [0.1, 0.15) is 5.00 Å². The molecule has 2 aromatic rings. The van der Waals surface area contributed by atoms with Gasteiger partial charge in [0.05, 0.1) is 5.56 Å². The Hall–Kier alpha value is -2.21. The van der Waals surface area contributed by atoms with Gasteiger partial charge in [0, 0.05) is 23.7 Å². The van der Waals surface area contributed by atoms with E-state index in [0.29, 0.717) is 23.4 Å². The van der Waals surface area contributed by atoms with Crippen LogP contribution in [0.25, 0.3) is 0 Å². The molecule has 0 radical (unpaired) electrons. The Bertz CT molecular complexity index is 665. The van der Waals surface area contributed by atoms with E-state index in [4.69, 9.17) is 0 Å². The van der Waals surface area contributed by atoms with Gasteiger partial charge in [0.15, 0.2) is 0 Å². The van der Waals surface area contributed by atoms with Crippen molar-refractivity contribution < 1.29 is 14.7 Å². The molecule has 0 aliphatic heterocycles. The third kappa shape index (κ3) is 3.66. The van der Waals surface area contributed by atoms with E-state index in [2.05, 4.69) is 10.3 Å². The van der Waals surface area contributed by atoms with Crippen molar-refractivity contribution in [3.05, 3.63) is 46.1 Å². The normalized spacial score (nSPS) is 10.4. The lowest BCUT2D eigenvalue weighted by molar-refractivity contribution is -0.116. The summed E-state index contributed by atoms with van der Waals surface area (Å²) in [6.45, 7) is 3.60. The van der Waals surface area contributed by atoms with Gasteiger partial charge >= 0.3 is 5.97 Å². The number of hydrogen-bond donors (Lipinski definition) is 2. The highest BCUT2D eigenvalue weighted by Gasteiger charge is 2.20. The summed E-state index contributed by atoms with van der Waals surface area (Å²) in [7, 11) is 0. The zero-order valence-corrected chi connectivity index (χ0v) is 12.7. The number of carboxylic acids is 1. The summed E-state index contributed by atoms with van der Waals surface area (Å²) in [5, 5.41) is 12.3. The van der Waals surface area contributed by atoms with Crippen LogP contribution < -0.4 is 5.32 Å². The summed E-state index contributed by atoms with van der Waals surface area (Å²) in [5.74, 6) is -1.21. The number of nitrogens with zero attached hydrogens (tertiary/aromatic N) is 1. The molecule has 2 heterocycles. The van der Waals surface area contributed by atoms with Crippen molar-refractivity contribution >= 4 is 28.2 Å². The number of carbonyl (C=O) groups excluding carboxylic acids is 1. The first kappa shape index (κ1) is 15.2. The molecule has 6 heteroatoms. The molecular weight excluding hydrogens is 288 g/mol. The molecular formula is C15H16N2O3S. The average Bonchev–Trinajstić information content (AvgIpc) is 2.72. The molecule has 2 N–H and O–H groups in total. The van der Waals surface area contributed by atoms with E-state index in [-0.39, 0.29) is 11.5 Å². The molecule has 0 fully saturated rings. The number of carbonyl (C=O) groups is 2. The number of aromatic nitrogens is 1. The maximum atomic E-state index is 12.0. The average molecular weight is 304 g/mol. The van der Waals surface area contributed by atoms with Gasteiger partial charge in [-0.2, -0.15) is 0 Å². The molecule has 0 aliphatic carbocycles. The molecule has 0 aromatic carbocycles. The van der Waals surface area contributed by atoms with Gasteiger partial charge in [0.25, 0.3) is 0 Å². The smallest absolute Gasteiger partial charge is 0.338 e. The van der Waals surface area contributed by atoms with E-state index in [1.165, 1.54) is 11.3 Å². The quantitative estimate of drug-likeness (QED) is 0.890. The second-order valence-corrected chi connectivity index (χ2v) is 5.93. The molecule has 2 rings (SSSR count). The van der Waals surface area contributed by atoms with Crippen molar-refractivity contribution in [1.82, 2.24) is 4.98 Å². The highest BCUT2D eigenvalue weighted by Crippen LogP contribution is 2.32. The van der Waals surface area contributed by atoms with E-state index >= 15 is 0 Å². The lowest BCUT2D eigenvalue weighted by Gasteiger charge is -2.04. The molecule has 0 unspecified atom stereocenters. The highest BCUT2D eigenvalue weighted by molar-refractivity contribution is 7.16. The summed E-state index contributed by atoms with van der Waals surface area (Å²) in [4.78, 5) is 28.1. The molecule has 0 saturated carbocycles. The Kier molecular flexibility index (Phi) is 4.70. The number of rotatable bonds is 5. The Labute approximate surface area is 126 Å². The number of anilines is 1. The SMILES string of the molecule is Cc1sc(NC(=O)CCc2cccnc2)c(C(=O)O)c1C. The molecule has 0 bridgehead atoms. The predicted octanol–water partition coefficient (Wildman–Crippen LogP) is 3.03. The van der Waals surface area contributed by atoms with Crippen LogP contribution in [0.4, 0.5) is 5.00 Å². The van der Waals surface area contributed by atoms with Crippen LogP contribution >= 0.6 is 11.3 Å². The van der Waals surface area contributed by atoms with Crippen molar-refractivity contribution in [2.75, 3.05) is 5.32 Å². The van der Waals surface area contributed by atoms with E-state index in [0.717, 1.165) is 10.4 Å². The molecule has 0 atom stereocenters. The standard InChI is InChI=1S/C15H16N2O3S/c1-9-10(2)21-14(13(9)15(19)20)17-12(18)6-5-11-4-3-7-16-8-11/h3-4,7-8H,5-6H2,1-2H3,(H,17,18)(H,19,20). The molecule has 110 valence electrons. The van der Waals surface area contributed by atoms with Crippen molar-refractivity contribution in [3.8, 4) is 0 Å². The van der Waals surface area contributed by atoms with Crippen molar-refractivity contribution in [1.29, 1.82) is 0 Å². The number of carboxylic acid groups (broad SMARTS) is 1. The number of thiophene rings is 1. The molecule has 5 nitrogen and oxygen atoms in total. The Morgan fingerprint density at radius 1 is 1.38 bits per heavy atom. The number of aryl methyl sites for hydroxylation is 2. The predicted molar refractivity (Wildman–Crippen MR) is 81.9 cm³/mol. The fourth-order valence-electron chi connectivity index (χ4n) is 1.97. The Morgan fingerprint density at radius 2 is 2.14 bits per heavy atom. The summed E-state index contributed by atoms with van der Waals surface area (Å²) in [6, 6.07) is 3.73. The minimum atomic E-state index is -1.01. The van der Waals surface area contributed by atoms with Crippen LogP contribution in [0.15, 0.2) is 24.5 Å². The number of hydrogen-bond acceptors (Lipinski definition) is 4. The summed E-state index contributed by atoms with van der Waals surface area (Å²) >= 11 is 1.29. The number of aromatic carboxylic acids is 1. The van der Waals surface area contributed by atoms with E-state index in [1.807, 2.05) is 19.1 Å². The van der Waals surface area contributed by atoms with Gasteiger partial charge in [0.2, 0.25) is 5.91 Å². The maximum absolute atomic E-state index is 12.0. The topological polar surface area (TPSA) is 79.3 Å². The van der Waals surface area contributed by atoms with Crippen molar-refractivity contribution in [2.24, 2.45) is 0 Å². The van der Waals surface area contributed by atoms with Crippen LogP contribution in [0.5, 0.6) is 0 Å². The zero-order chi connectivity index (χ0) is 15.4. The van der Waals surface area contributed by atoms with Gasteiger partial charge < -0.3 is 10.4 Å². The van der Waals surface area contributed by atoms with E-state index < -0.39 is 5.97 Å². The van der Waals surface area contributed by atoms with Gasteiger partial charge in [-0.05, 0) is 37.5 Å². The highest BCUT2D eigenvalue weighted by atomic mass is 32.1. The molecule has 0 spiro atoms. The van der Waals surface area contributed by atoms with Crippen LogP contribution in [0.1, 0.15) is 32.8 Å². The second-order valence-electron chi connectivity index (χ2n) is 4.70. The summed E-state index contributed by atoms with van der Waals surface area (Å²) < 4.78 is 0. The van der Waals surface area contributed by atoms with E-state index in [9.17, 15) is 14.7 Å². The minimum Gasteiger partial charge on any atom is -0.478 e. The molecule has 1 amide bonds. The van der Waals surface area contributed by atoms with Crippen LogP contribution in [0, 0.1) is 13.8 Å². The molecule has 0 aliphatic rings. The minimum absolute atomic E-state index is 0.187. The Morgan fingerprint density at radius 3 is 2.76 bits per heavy atom. The van der Waals surface area contributed by atoms with Crippen LogP contribution in [-0.2, 0) is 11.2 Å².